The Labute approximate surface area is 145 Å². The lowest BCUT2D eigenvalue weighted by molar-refractivity contribution is -0.120. The minimum Gasteiger partial charge on any atom is -0.467 e. The van der Waals surface area contributed by atoms with Crippen molar-refractivity contribution in [1.29, 1.82) is 0 Å². The molecule has 128 valence electrons. The molecule has 25 heavy (non-hydrogen) atoms. The van der Waals surface area contributed by atoms with Gasteiger partial charge in [0.25, 0.3) is 10.0 Å². The molecule has 2 heterocycles. The Morgan fingerprint density at radius 2 is 1.92 bits per heavy atom. The zero-order valence-corrected chi connectivity index (χ0v) is 14.3. The first-order valence-corrected chi connectivity index (χ1v) is 9.30. The summed E-state index contributed by atoms with van der Waals surface area (Å²) in [5.41, 5.74) is 0.536. The summed E-state index contributed by atoms with van der Waals surface area (Å²) in [7, 11) is -3.73. The Balaban J connectivity index is 1.63. The number of nitrogens with one attached hydrogen (secondary N) is 1. The van der Waals surface area contributed by atoms with E-state index < -0.39 is 15.9 Å². The summed E-state index contributed by atoms with van der Waals surface area (Å²) in [6.45, 7) is 1.51. The van der Waals surface area contributed by atoms with Gasteiger partial charge in [0.15, 0.2) is 0 Å². The largest absolute Gasteiger partial charge is 0.467 e. The van der Waals surface area contributed by atoms with Gasteiger partial charge in [-0.2, -0.15) is 0 Å². The van der Waals surface area contributed by atoms with Crippen LogP contribution < -0.4 is 9.62 Å². The molecule has 1 aliphatic heterocycles. The third-order valence-corrected chi connectivity index (χ3v) is 6.12. The van der Waals surface area contributed by atoms with E-state index in [1.54, 1.807) is 43.3 Å². The molecular formula is C18H16N2O4S. The molecule has 0 spiro atoms. The lowest BCUT2D eigenvalue weighted by Crippen LogP contribution is -2.39. The summed E-state index contributed by atoms with van der Waals surface area (Å²) in [5.74, 6) is 0.223. The standard InChI is InChI=1S/C18H16N2O4S/c1-12(15-8-4-10-24-15)19-17(21)11-20-14-7-2-5-13-6-3-9-16(18(13)14)25(20,22)23/h2-10,12H,11H2,1H3,(H,19,21). The highest BCUT2D eigenvalue weighted by atomic mass is 32.2. The summed E-state index contributed by atoms with van der Waals surface area (Å²) in [4.78, 5) is 12.6. The van der Waals surface area contributed by atoms with Crippen LogP contribution in [0.2, 0.25) is 0 Å². The van der Waals surface area contributed by atoms with E-state index >= 15 is 0 Å². The number of rotatable bonds is 4. The zero-order chi connectivity index (χ0) is 17.6. The molecule has 0 saturated heterocycles. The van der Waals surface area contributed by atoms with Gasteiger partial charge in [0, 0.05) is 5.39 Å². The third kappa shape index (κ3) is 2.47. The van der Waals surface area contributed by atoms with E-state index in [1.165, 1.54) is 6.26 Å². The summed E-state index contributed by atoms with van der Waals surface area (Å²) in [6, 6.07) is 13.7. The van der Waals surface area contributed by atoms with Gasteiger partial charge in [-0.3, -0.25) is 9.10 Å². The van der Waals surface area contributed by atoms with Crippen molar-refractivity contribution in [1.82, 2.24) is 5.32 Å². The Kier molecular flexibility index (Phi) is 3.54. The van der Waals surface area contributed by atoms with Crippen LogP contribution in [-0.2, 0) is 14.8 Å². The van der Waals surface area contributed by atoms with Crippen molar-refractivity contribution in [2.75, 3.05) is 10.8 Å². The maximum Gasteiger partial charge on any atom is 0.265 e. The lowest BCUT2D eigenvalue weighted by atomic mass is 10.1. The van der Waals surface area contributed by atoms with Gasteiger partial charge >= 0.3 is 0 Å². The van der Waals surface area contributed by atoms with Crippen LogP contribution in [0.25, 0.3) is 10.8 Å². The molecular weight excluding hydrogens is 340 g/mol. The van der Waals surface area contributed by atoms with E-state index in [0.29, 0.717) is 16.8 Å². The number of hydrogen-bond acceptors (Lipinski definition) is 4. The van der Waals surface area contributed by atoms with Crippen LogP contribution >= 0.6 is 0 Å². The molecule has 1 aliphatic rings. The number of amides is 1. The second kappa shape index (κ2) is 5.63. The summed E-state index contributed by atoms with van der Waals surface area (Å²) < 4.78 is 32.1. The first-order valence-electron chi connectivity index (χ1n) is 7.86. The van der Waals surface area contributed by atoms with Gasteiger partial charge in [-0.15, -0.1) is 0 Å². The molecule has 1 atom stereocenters. The molecule has 1 unspecified atom stereocenters. The first-order chi connectivity index (χ1) is 12.0. The lowest BCUT2D eigenvalue weighted by Gasteiger charge is -2.19. The van der Waals surface area contributed by atoms with Gasteiger partial charge < -0.3 is 9.73 Å². The van der Waals surface area contributed by atoms with Crippen molar-refractivity contribution < 1.29 is 17.6 Å². The van der Waals surface area contributed by atoms with E-state index in [1.807, 2.05) is 12.1 Å². The molecule has 0 bridgehead atoms. The van der Waals surface area contributed by atoms with Crippen molar-refractivity contribution in [3.05, 3.63) is 60.6 Å². The number of nitrogens with zero attached hydrogens (tertiary/aromatic N) is 1. The number of furan rings is 1. The molecule has 2 aromatic carbocycles. The second-order valence-corrected chi connectivity index (χ2v) is 7.78. The Hall–Kier alpha value is -2.80. The van der Waals surface area contributed by atoms with Crippen LogP contribution in [0.1, 0.15) is 18.7 Å². The molecule has 3 aromatic rings. The number of anilines is 1. The molecule has 1 amide bonds. The molecule has 0 radical (unpaired) electrons. The number of hydrogen-bond donors (Lipinski definition) is 1. The van der Waals surface area contributed by atoms with Crippen molar-refractivity contribution >= 4 is 32.4 Å². The molecule has 6 nitrogen and oxygen atoms in total. The van der Waals surface area contributed by atoms with Crippen LogP contribution in [0.5, 0.6) is 0 Å². The average Bonchev–Trinajstić information content (AvgIpc) is 3.19. The van der Waals surface area contributed by atoms with Crippen LogP contribution in [0, 0.1) is 0 Å². The maximum absolute atomic E-state index is 12.8. The van der Waals surface area contributed by atoms with Gasteiger partial charge in [-0.1, -0.05) is 24.3 Å². The quantitative estimate of drug-likeness (QED) is 0.779. The fourth-order valence-electron chi connectivity index (χ4n) is 3.15. The number of carbonyl (C=O) groups excluding carboxylic acids is 1. The first kappa shape index (κ1) is 15.7. The Morgan fingerprint density at radius 3 is 2.64 bits per heavy atom. The van der Waals surface area contributed by atoms with Gasteiger partial charge in [0.05, 0.1) is 22.9 Å². The minimum atomic E-state index is -3.73. The average molecular weight is 356 g/mol. The molecule has 0 fully saturated rings. The van der Waals surface area contributed by atoms with Crippen molar-refractivity contribution in [2.24, 2.45) is 0 Å². The van der Waals surface area contributed by atoms with Crippen molar-refractivity contribution in [3.8, 4) is 0 Å². The van der Waals surface area contributed by atoms with E-state index in [2.05, 4.69) is 5.32 Å². The SMILES string of the molecule is CC(NC(=O)CN1c2cccc3cccc(c23)S1(=O)=O)c1ccco1. The van der Waals surface area contributed by atoms with E-state index in [4.69, 9.17) is 4.42 Å². The molecule has 0 saturated carbocycles. The molecule has 7 heteroatoms. The van der Waals surface area contributed by atoms with Crippen LogP contribution in [0.15, 0.2) is 64.1 Å². The highest BCUT2D eigenvalue weighted by Gasteiger charge is 2.36. The fourth-order valence-corrected chi connectivity index (χ4v) is 4.82. The van der Waals surface area contributed by atoms with Crippen molar-refractivity contribution in [2.45, 2.75) is 17.9 Å². The monoisotopic (exact) mass is 356 g/mol. The predicted octanol–water partition coefficient (Wildman–Crippen LogP) is 2.82. The fraction of sp³-hybridized carbons (Fsp3) is 0.167. The molecule has 4 rings (SSSR count). The number of carbonyl (C=O) groups is 1. The highest BCUT2D eigenvalue weighted by Crippen LogP contribution is 2.41. The van der Waals surface area contributed by atoms with E-state index in [-0.39, 0.29) is 17.5 Å². The van der Waals surface area contributed by atoms with Crippen LogP contribution in [0.4, 0.5) is 5.69 Å². The highest BCUT2D eigenvalue weighted by molar-refractivity contribution is 7.93. The van der Waals surface area contributed by atoms with E-state index in [0.717, 1.165) is 9.69 Å². The Morgan fingerprint density at radius 1 is 1.16 bits per heavy atom. The number of sulfonamides is 1. The van der Waals surface area contributed by atoms with E-state index in [9.17, 15) is 13.2 Å². The normalized spacial score (nSPS) is 16.1. The van der Waals surface area contributed by atoms with Crippen LogP contribution in [0.3, 0.4) is 0 Å². The molecule has 1 aromatic heterocycles. The third-order valence-electron chi connectivity index (χ3n) is 4.32. The summed E-state index contributed by atoms with van der Waals surface area (Å²) >= 11 is 0. The minimum absolute atomic E-state index is 0.243. The summed E-state index contributed by atoms with van der Waals surface area (Å²) in [5, 5.41) is 4.27. The summed E-state index contributed by atoms with van der Waals surface area (Å²) in [6.07, 6.45) is 1.53. The van der Waals surface area contributed by atoms with Gasteiger partial charge in [-0.05, 0) is 36.6 Å². The topological polar surface area (TPSA) is 79.6 Å². The maximum atomic E-state index is 12.8. The Bertz CT molecular complexity index is 1050. The second-order valence-electron chi connectivity index (χ2n) is 5.95. The number of benzene rings is 2. The molecule has 1 N–H and O–H groups in total. The van der Waals surface area contributed by atoms with Gasteiger partial charge in [0.2, 0.25) is 5.91 Å². The molecule has 0 aliphatic carbocycles. The smallest absolute Gasteiger partial charge is 0.265 e. The van der Waals surface area contributed by atoms with Crippen molar-refractivity contribution in [3.63, 3.8) is 0 Å². The van der Waals surface area contributed by atoms with Crippen LogP contribution in [-0.4, -0.2) is 20.9 Å². The van der Waals surface area contributed by atoms with Gasteiger partial charge in [-0.25, -0.2) is 8.42 Å². The predicted molar refractivity (Wildman–Crippen MR) is 93.7 cm³/mol. The van der Waals surface area contributed by atoms with Gasteiger partial charge in [0.1, 0.15) is 12.3 Å². The zero-order valence-electron chi connectivity index (χ0n) is 13.5.